The minimum atomic E-state index is -0.124. The lowest BCUT2D eigenvalue weighted by molar-refractivity contribution is -0.112. The fourth-order valence-electron chi connectivity index (χ4n) is 3.04. The second-order valence-electron chi connectivity index (χ2n) is 6.30. The van der Waals surface area contributed by atoms with E-state index in [-0.39, 0.29) is 5.91 Å². The third-order valence-electron chi connectivity index (χ3n) is 4.44. The minimum Gasteiger partial charge on any atom is -0.493 e. The second-order valence-corrected chi connectivity index (χ2v) is 7.45. The van der Waals surface area contributed by atoms with E-state index in [4.69, 9.17) is 15.2 Å². The van der Waals surface area contributed by atoms with Gasteiger partial charge in [0.1, 0.15) is 0 Å². The first-order valence-electron chi connectivity index (χ1n) is 8.72. The number of benzene rings is 1. The Kier molecular flexibility index (Phi) is 6.31. The molecule has 0 unspecified atom stereocenters. The van der Waals surface area contributed by atoms with Crippen molar-refractivity contribution in [3.8, 4) is 11.5 Å². The summed E-state index contributed by atoms with van der Waals surface area (Å²) < 4.78 is 10.5. The van der Waals surface area contributed by atoms with Crippen LogP contribution in [0.2, 0.25) is 0 Å². The number of anilines is 2. The zero-order chi connectivity index (χ0) is 19.2. The van der Waals surface area contributed by atoms with Crippen molar-refractivity contribution in [1.29, 1.82) is 0 Å². The lowest BCUT2D eigenvalue weighted by Crippen LogP contribution is -2.30. The molecule has 0 aliphatic carbocycles. The van der Waals surface area contributed by atoms with Gasteiger partial charge in [-0.25, -0.2) is 4.98 Å². The molecule has 0 saturated carbocycles. The van der Waals surface area contributed by atoms with Crippen molar-refractivity contribution >= 4 is 28.1 Å². The van der Waals surface area contributed by atoms with Gasteiger partial charge < -0.3 is 20.5 Å². The second kappa shape index (κ2) is 8.88. The number of methoxy groups -OCH3 is 2. The molecule has 2 aromatic rings. The monoisotopic (exact) mass is 388 g/mol. The van der Waals surface area contributed by atoms with Gasteiger partial charge in [-0.15, -0.1) is 11.3 Å². The molecule has 1 aliphatic rings. The molecule has 0 spiro atoms. The molecule has 0 radical (unpaired) electrons. The van der Waals surface area contributed by atoms with Crippen LogP contribution in [-0.2, 0) is 11.3 Å². The Morgan fingerprint density at radius 1 is 1.30 bits per heavy atom. The summed E-state index contributed by atoms with van der Waals surface area (Å²) in [6.45, 7) is 2.71. The van der Waals surface area contributed by atoms with E-state index in [1.807, 2.05) is 6.20 Å². The summed E-state index contributed by atoms with van der Waals surface area (Å²) in [5.74, 6) is 1.09. The van der Waals surface area contributed by atoms with Gasteiger partial charge in [0.25, 0.3) is 0 Å². The maximum atomic E-state index is 12.3. The van der Waals surface area contributed by atoms with Gasteiger partial charge in [-0.1, -0.05) is 5.57 Å². The molecule has 3 rings (SSSR count). The molecule has 1 saturated heterocycles. The Hall–Kier alpha value is -2.58. The fourth-order valence-corrected chi connectivity index (χ4v) is 3.76. The zero-order valence-corrected chi connectivity index (χ0v) is 16.3. The number of carbonyl (C=O) groups is 1. The highest BCUT2D eigenvalue weighted by Gasteiger charge is 2.16. The number of rotatable bonds is 6. The largest absolute Gasteiger partial charge is 0.493 e. The molecule has 8 heteroatoms. The fraction of sp³-hybridized carbons (Fsp3) is 0.368. The van der Waals surface area contributed by atoms with E-state index in [0.29, 0.717) is 22.3 Å². The number of hydrogen-bond donors (Lipinski definition) is 2. The van der Waals surface area contributed by atoms with E-state index in [0.717, 1.165) is 38.0 Å². The molecule has 2 heterocycles. The first kappa shape index (κ1) is 19.2. The van der Waals surface area contributed by atoms with E-state index in [1.54, 1.807) is 38.5 Å². The Morgan fingerprint density at radius 3 is 2.67 bits per heavy atom. The van der Waals surface area contributed by atoms with Crippen molar-refractivity contribution in [3.63, 3.8) is 0 Å². The van der Waals surface area contributed by atoms with Crippen molar-refractivity contribution < 1.29 is 14.3 Å². The van der Waals surface area contributed by atoms with E-state index in [1.165, 1.54) is 16.2 Å². The normalized spacial score (nSPS) is 14.7. The van der Waals surface area contributed by atoms with Crippen LogP contribution in [0.4, 0.5) is 10.8 Å². The molecule has 3 N–H and O–H groups in total. The highest BCUT2D eigenvalue weighted by molar-refractivity contribution is 7.15. The number of amides is 1. The molecule has 144 valence electrons. The maximum Gasteiger partial charge on any atom is 0.248 e. The number of carbonyl (C=O) groups excluding carboxylic acids is 1. The summed E-state index contributed by atoms with van der Waals surface area (Å²) in [7, 11) is 3.15. The SMILES string of the molecule is COc1ccc(NC(=O)C=C2CCN(Cc3cnc(N)s3)CC2)cc1OC. The standard InChI is InChI=1S/C19H24N4O3S/c1-25-16-4-3-14(10-17(16)26-2)22-18(24)9-13-5-7-23(8-6-13)12-15-11-21-19(20)27-15/h3-4,9-11H,5-8,12H2,1-2H3,(H2,20,21)(H,22,24). The first-order chi connectivity index (χ1) is 13.1. The Balaban J connectivity index is 1.52. The van der Waals surface area contributed by atoms with Crippen molar-refractivity contribution in [2.24, 2.45) is 0 Å². The Morgan fingerprint density at radius 2 is 2.04 bits per heavy atom. The predicted octanol–water partition coefficient (Wildman–Crippen LogP) is 2.90. The number of piperidine rings is 1. The first-order valence-corrected chi connectivity index (χ1v) is 9.54. The number of thiazole rings is 1. The van der Waals surface area contributed by atoms with Gasteiger partial charge in [0.2, 0.25) is 5.91 Å². The number of aromatic nitrogens is 1. The van der Waals surface area contributed by atoms with Crippen LogP contribution in [-0.4, -0.2) is 43.1 Å². The number of likely N-dealkylation sites (tertiary alicyclic amines) is 1. The van der Waals surface area contributed by atoms with E-state index >= 15 is 0 Å². The molecule has 27 heavy (non-hydrogen) atoms. The molecule has 1 aliphatic heterocycles. The van der Waals surface area contributed by atoms with Gasteiger partial charge in [-0.3, -0.25) is 9.69 Å². The van der Waals surface area contributed by atoms with Gasteiger partial charge in [-0.05, 0) is 25.0 Å². The van der Waals surface area contributed by atoms with Crippen molar-refractivity contribution in [1.82, 2.24) is 9.88 Å². The van der Waals surface area contributed by atoms with Gasteiger partial charge in [-0.2, -0.15) is 0 Å². The summed E-state index contributed by atoms with van der Waals surface area (Å²) in [6, 6.07) is 5.31. The molecule has 1 amide bonds. The molecule has 7 nitrogen and oxygen atoms in total. The Bertz CT molecular complexity index is 824. The third kappa shape index (κ3) is 5.21. The number of nitrogens with two attached hydrogens (primary N) is 1. The average molecular weight is 388 g/mol. The molecule has 1 fully saturated rings. The number of nitrogens with one attached hydrogen (secondary N) is 1. The van der Waals surface area contributed by atoms with Crippen LogP contribution in [0.5, 0.6) is 11.5 Å². The number of nitrogen functional groups attached to an aromatic ring is 1. The highest BCUT2D eigenvalue weighted by Crippen LogP contribution is 2.30. The molecule has 0 atom stereocenters. The number of ether oxygens (including phenoxy) is 2. The molecule has 1 aromatic heterocycles. The zero-order valence-electron chi connectivity index (χ0n) is 15.5. The van der Waals surface area contributed by atoms with Crippen LogP contribution in [0, 0.1) is 0 Å². The summed E-state index contributed by atoms with van der Waals surface area (Å²) in [6.07, 6.45) is 5.31. The summed E-state index contributed by atoms with van der Waals surface area (Å²) >= 11 is 1.53. The number of nitrogens with zero attached hydrogens (tertiary/aromatic N) is 2. The molecule has 1 aromatic carbocycles. The molecule has 0 bridgehead atoms. The van der Waals surface area contributed by atoms with Crippen LogP contribution >= 0.6 is 11.3 Å². The van der Waals surface area contributed by atoms with Crippen LogP contribution < -0.4 is 20.5 Å². The van der Waals surface area contributed by atoms with Crippen LogP contribution in [0.15, 0.2) is 36.0 Å². The van der Waals surface area contributed by atoms with Crippen LogP contribution in [0.1, 0.15) is 17.7 Å². The third-order valence-corrected chi connectivity index (χ3v) is 5.25. The average Bonchev–Trinajstić information content (AvgIpc) is 3.08. The topological polar surface area (TPSA) is 89.7 Å². The van der Waals surface area contributed by atoms with E-state index in [2.05, 4.69) is 15.2 Å². The predicted molar refractivity (Wildman–Crippen MR) is 107 cm³/mol. The van der Waals surface area contributed by atoms with Crippen molar-refractivity contribution in [3.05, 3.63) is 40.9 Å². The van der Waals surface area contributed by atoms with E-state index < -0.39 is 0 Å². The lowest BCUT2D eigenvalue weighted by atomic mass is 10.0. The highest BCUT2D eigenvalue weighted by atomic mass is 32.1. The van der Waals surface area contributed by atoms with Crippen molar-refractivity contribution in [2.45, 2.75) is 19.4 Å². The van der Waals surface area contributed by atoms with Gasteiger partial charge in [0.05, 0.1) is 14.2 Å². The molecular formula is C19H24N4O3S. The summed E-state index contributed by atoms with van der Waals surface area (Å²) in [4.78, 5) is 19.9. The summed E-state index contributed by atoms with van der Waals surface area (Å²) in [5.41, 5.74) is 7.51. The summed E-state index contributed by atoms with van der Waals surface area (Å²) in [5, 5.41) is 3.49. The Labute approximate surface area is 162 Å². The smallest absolute Gasteiger partial charge is 0.248 e. The lowest BCUT2D eigenvalue weighted by Gasteiger charge is -2.27. The van der Waals surface area contributed by atoms with Gasteiger partial charge in [0, 0.05) is 48.5 Å². The maximum absolute atomic E-state index is 12.3. The van der Waals surface area contributed by atoms with Crippen LogP contribution in [0.3, 0.4) is 0 Å². The molecular weight excluding hydrogens is 364 g/mol. The van der Waals surface area contributed by atoms with Gasteiger partial charge in [0.15, 0.2) is 16.6 Å². The number of hydrogen-bond acceptors (Lipinski definition) is 7. The quantitative estimate of drug-likeness (QED) is 0.740. The van der Waals surface area contributed by atoms with Crippen LogP contribution in [0.25, 0.3) is 0 Å². The van der Waals surface area contributed by atoms with Crippen molar-refractivity contribution in [2.75, 3.05) is 38.4 Å². The minimum absolute atomic E-state index is 0.124. The van der Waals surface area contributed by atoms with E-state index in [9.17, 15) is 4.79 Å². The van der Waals surface area contributed by atoms with Gasteiger partial charge >= 0.3 is 0 Å².